The molecule has 0 radical (unpaired) electrons. The van der Waals surface area contributed by atoms with E-state index in [1.54, 1.807) is 0 Å². The Morgan fingerprint density at radius 2 is 1.88 bits per heavy atom. The molecule has 1 heterocycles. The van der Waals surface area contributed by atoms with Crippen LogP contribution in [0.5, 0.6) is 11.8 Å². The minimum Gasteiger partial charge on any atom is -0.476 e. The molecule has 1 rings (SSSR count). The maximum absolute atomic E-state index is 5.85. The smallest absolute Gasteiger partial charge is 0.244 e. The first-order chi connectivity index (χ1) is 8.19. The molecule has 17 heavy (non-hydrogen) atoms. The molecule has 0 aliphatic rings. The third-order valence-electron chi connectivity index (χ3n) is 2.38. The van der Waals surface area contributed by atoms with E-state index in [2.05, 4.69) is 23.8 Å². The predicted octanol–water partition coefficient (Wildman–Crippen LogP) is 2.27. The topological polar surface area (TPSA) is 70.3 Å². The quantitative estimate of drug-likeness (QED) is 0.790. The minimum absolute atomic E-state index is 0.373. The fourth-order valence-electron chi connectivity index (χ4n) is 1.53. The van der Waals surface area contributed by atoms with Gasteiger partial charge < -0.3 is 15.2 Å². The first kappa shape index (κ1) is 13.5. The van der Waals surface area contributed by atoms with Crippen LogP contribution in [-0.2, 0) is 0 Å². The molecule has 0 saturated heterocycles. The van der Waals surface area contributed by atoms with Gasteiger partial charge in [-0.3, -0.25) is 0 Å². The molecule has 2 N–H and O–H groups in total. The number of hydrogen-bond donors (Lipinski definition) is 1. The van der Waals surface area contributed by atoms with E-state index in [-0.39, 0.29) is 0 Å². The largest absolute Gasteiger partial charge is 0.476 e. The fraction of sp³-hybridized carbons (Fsp3) is 0.667. The van der Waals surface area contributed by atoms with Crippen LogP contribution >= 0.6 is 0 Å². The van der Waals surface area contributed by atoms with E-state index in [0.29, 0.717) is 36.6 Å². The van der Waals surface area contributed by atoms with E-state index >= 15 is 0 Å². The van der Waals surface area contributed by atoms with E-state index in [1.807, 2.05) is 6.92 Å². The molecule has 0 aromatic carbocycles. The van der Waals surface area contributed by atoms with Crippen molar-refractivity contribution < 1.29 is 9.47 Å². The summed E-state index contributed by atoms with van der Waals surface area (Å²) in [5, 5.41) is 0. The first-order valence-electron chi connectivity index (χ1n) is 6.05. The van der Waals surface area contributed by atoms with E-state index in [0.717, 1.165) is 12.8 Å². The molecule has 0 amide bonds. The highest BCUT2D eigenvalue weighted by molar-refractivity contribution is 5.55. The highest BCUT2D eigenvalue weighted by Crippen LogP contribution is 2.26. The maximum atomic E-state index is 5.85. The maximum Gasteiger partial charge on any atom is 0.244 e. The van der Waals surface area contributed by atoms with Crippen LogP contribution in [0.4, 0.5) is 5.69 Å². The molecule has 1 aromatic heterocycles. The Balaban J connectivity index is 2.61. The lowest BCUT2D eigenvalue weighted by molar-refractivity contribution is 0.241. The van der Waals surface area contributed by atoms with Crippen LogP contribution < -0.4 is 15.2 Å². The molecule has 0 fully saturated rings. The second-order valence-corrected chi connectivity index (χ2v) is 4.04. The van der Waals surface area contributed by atoms with Crippen molar-refractivity contribution in [3.8, 4) is 11.8 Å². The number of nitrogens with zero attached hydrogens (tertiary/aromatic N) is 2. The second-order valence-electron chi connectivity index (χ2n) is 4.04. The van der Waals surface area contributed by atoms with Gasteiger partial charge in [-0.25, -0.2) is 0 Å². The molecular formula is C12H21N3O2. The van der Waals surface area contributed by atoms with Crippen molar-refractivity contribution in [2.24, 2.45) is 5.92 Å². The van der Waals surface area contributed by atoms with Crippen LogP contribution in [0, 0.1) is 5.92 Å². The van der Waals surface area contributed by atoms with Crippen molar-refractivity contribution in [2.75, 3.05) is 18.9 Å². The first-order valence-corrected chi connectivity index (χ1v) is 6.05. The van der Waals surface area contributed by atoms with Crippen molar-refractivity contribution in [2.45, 2.75) is 33.6 Å². The predicted molar refractivity (Wildman–Crippen MR) is 67.2 cm³/mol. The van der Waals surface area contributed by atoms with Gasteiger partial charge in [-0.1, -0.05) is 20.3 Å². The Bertz CT molecular complexity index is 345. The SMILES string of the molecule is CCCC(C)COc1ncnc(OCC)c1N. The lowest BCUT2D eigenvalue weighted by Gasteiger charge is -2.13. The Hall–Kier alpha value is -1.52. The summed E-state index contributed by atoms with van der Waals surface area (Å²) < 4.78 is 10.9. The number of ether oxygens (including phenoxy) is 2. The Labute approximate surface area is 102 Å². The van der Waals surface area contributed by atoms with E-state index in [1.165, 1.54) is 6.33 Å². The highest BCUT2D eigenvalue weighted by atomic mass is 16.5. The molecule has 0 aliphatic heterocycles. The van der Waals surface area contributed by atoms with E-state index < -0.39 is 0 Å². The molecule has 0 bridgehead atoms. The van der Waals surface area contributed by atoms with E-state index in [4.69, 9.17) is 15.2 Å². The Morgan fingerprint density at radius 1 is 1.24 bits per heavy atom. The van der Waals surface area contributed by atoms with Crippen LogP contribution in [-0.4, -0.2) is 23.2 Å². The molecule has 1 aromatic rings. The molecule has 0 aliphatic carbocycles. The van der Waals surface area contributed by atoms with Crippen LogP contribution in [0.3, 0.4) is 0 Å². The number of nitrogen functional groups attached to an aromatic ring is 1. The van der Waals surface area contributed by atoms with Gasteiger partial charge in [-0.15, -0.1) is 0 Å². The van der Waals surface area contributed by atoms with Crippen molar-refractivity contribution in [3.63, 3.8) is 0 Å². The zero-order valence-corrected chi connectivity index (χ0v) is 10.8. The molecule has 5 nitrogen and oxygen atoms in total. The summed E-state index contributed by atoms with van der Waals surface area (Å²) in [5.41, 5.74) is 6.23. The van der Waals surface area contributed by atoms with Gasteiger partial charge in [0, 0.05) is 0 Å². The van der Waals surface area contributed by atoms with Crippen molar-refractivity contribution in [3.05, 3.63) is 6.33 Å². The fourth-order valence-corrected chi connectivity index (χ4v) is 1.53. The summed E-state index contributed by atoms with van der Waals surface area (Å²) in [6.07, 6.45) is 3.68. The summed E-state index contributed by atoms with van der Waals surface area (Å²) in [6.45, 7) is 7.31. The summed E-state index contributed by atoms with van der Waals surface area (Å²) in [6, 6.07) is 0. The summed E-state index contributed by atoms with van der Waals surface area (Å²) in [4.78, 5) is 7.97. The molecule has 96 valence electrons. The third-order valence-corrected chi connectivity index (χ3v) is 2.38. The molecular weight excluding hydrogens is 218 g/mol. The number of aromatic nitrogens is 2. The summed E-state index contributed by atoms with van der Waals surface area (Å²) in [5.74, 6) is 1.29. The van der Waals surface area contributed by atoms with E-state index in [9.17, 15) is 0 Å². The van der Waals surface area contributed by atoms with Crippen LogP contribution in [0.15, 0.2) is 6.33 Å². The Kier molecular flexibility index (Phi) is 5.52. The number of rotatable bonds is 7. The third kappa shape index (κ3) is 4.09. The van der Waals surface area contributed by atoms with Crippen LogP contribution in [0.25, 0.3) is 0 Å². The van der Waals surface area contributed by atoms with Gasteiger partial charge in [0.15, 0.2) is 5.69 Å². The van der Waals surface area contributed by atoms with Crippen molar-refractivity contribution in [1.82, 2.24) is 9.97 Å². The van der Waals surface area contributed by atoms with Gasteiger partial charge >= 0.3 is 0 Å². The van der Waals surface area contributed by atoms with Crippen molar-refractivity contribution in [1.29, 1.82) is 0 Å². The van der Waals surface area contributed by atoms with Crippen LogP contribution in [0.2, 0.25) is 0 Å². The van der Waals surface area contributed by atoms with Crippen LogP contribution in [0.1, 0.15) is 33.6 Å². The van der Waals surface area contributed by atoms with Gasteiger partial charge in [-0.05, 0) is 19.3 Å². The highest BCUT2D eigenvalue weighted by Gasteiger charge is 2.11. The number of nitrogens with two attached hydrogens (primary N) is 1. The zero-order chi connectivity index (χ0) is 12.7. The van der Waals surface area contributed by atoms with Gasteiger partial charge in [-0.2, -0.15) is 9.97 Å². The Morgan fingerprint density at radius 3 is 2.47 bits per heavy atom. The minimum atomic E-state index is 0.373. The van der Waals surface area contributed by atoms with Gasteiger partial charge in [0.05, 0.1) is 13.2 Å². The average molecular weight is 239 g/mol. The lowest BCUT2D eigenvalue weighted by Crippen LogP contribution is -2.11. The number of hydrogen-bond acceptors (Lipinski definition) is 5. The molecule has 1 atom stereocenters. The lowest BCUT2D eigenvalue weighted by atomic mass is 10.1. The second kappa shape index (κ2) is 6.93. The standard InChI is InChI=1S/C12H21N3O2/c1-4-6-9(3)7-17-12-10(13)11(16-5-2)14-8-15-12/h8-9H,4-7,13H2,1-3H3. The molecule has 1 unspecified atom stereocenters. The molecule has 5 heteroatoms. The van der Waals surface area contributed by atoms with Gasteiger partial charge in [0.1, 0.15) is 6.33 Å². The zero-order valence-electron chi connectivity index (χ0n) is 10.8. The average Bonchev–Trinajstić information content (AvgIpc) is 2.31. The van der Waals surface area contributed by atoms with Crippen molar-refractivity contribution >= 4 is 5.69 Å². The summed E-state index contributed by atoms with van der Waals surface area (Å²) >= 11 is 0. The summed E-state index contributed by atoms with van der Waals surface area (Å²) in [7, 11) is 0. The normalized spacial score (nSPS) is 12.2. The molecule has 0 spiro atoms. The number of anilines is 1. The molecule has 0 saturated carbocycles. The van der Waals surface area contributed by atoms with Gasteiger partial charge in [0.25, 0.3) is 0 Å². The monoisotopic (exact) mass is 239 g/mol. The van der Waals surface area contributed by atoms with Gasteiger partial charge in [0.2, 0.25) is 11.8 Å².